The zero-order valence-corrected chi connectivity index (χ0v) is 11.3. The number of rotatable bonds is 6. The molecule has 0 aliphatic rings. The number of carbonyl (C=O) groups is 1. The van der Waals surface area contributed by atoms with Gasteiger partial charge in [-0.05, 0) is 36.8 Å². The predicted molar refractivity (Wildman–Crippen MR) is 77.4 cm³/mol. The number of hydrogen-bond donors (Lipinski definition) is 1. The quantitative estimate of drug-likeness (QED) is 0.649. The molecule has 0 saturated heterocycles. The van der Waals surface area contributed by atoms with Crippen molar-refractivity contribution in [2.45, 2.75) is 6.92 Å². The summed E-state index contributed by atoms with van der Waals surface area (Å²) in [6, 6.07) is 11.3. The fraction of sp³-hybridized carbons (Fsp3) is 0.188. The summed E-state index contributed by atoms with van der Waals surface area (Å²) < 4.78 is 10.7. The van der Waals surface area contributed by atoms with Crippen LogP contribution in [0.5, 0.6) is 5.75 Å². The molecule has 0 bridgehead atoms. The van der Waals surface area contributed by atoms with Gasteiger partial charge in [-0.25, -0.2) is 0 Å². The van der Waals surface area contributed by atoms with E-state index >= 15 is 0 Å². The molecule has 1 aromatic heterocycles. The van der Waals surface area contributed by atoms with Gasteiger partial charge in [-0.2, -0.15) is 0 Å². The van der Waals surface area contributed by atoms with Crippen LogP contribution in [0.3, 0.4) is 0 Å². The van der Waals surface area contributed by atoms with Crippen LogP contribution in [0, 0.1) is 6.92 Å². The van der Waals surface area contributed by atoms with Crippen molar-refractivity contribution >= 4 is 12.0 Å². The molecule has 0 aliphatic carbocycles. The van der Waals surface area contributed by atoms with E-state index in [0.29, 0.717) is 18.9 Å². The van der Waals surface area contributed by atoms with Crippen molar-refractivity contribution in [3.63, 3.8) is 0 Å². The molecule has 0 unspecified atom stereocenters. The molecule has 4 nitrogen and oxygen atoms in total. The fourth-order valence-corrected chi connectivity index (χ4v) is 1.66. The minimum Gasteiger partial charge on any atom is -0.491 e. The van der Waals surface area contributed by atoms with Gasteiger partial charge >= 0.3 is 0 Å². The maximum atomic E-state index is 11.5. The largest absolute Gasteiger partial charge is 0.491 e. The number of amides is 1. The molecule has 0 aliphatic heterocycles. The molecule has 4 heteroatoms. The molecular formula is C16H17NO3. The molecule has 1 N–H and O–H groups in total. The molecule has 0 radical (unpaired) electrons. The molecule has 0 fully saturated rings. The van der Waals surface area contributed by atoms with Crippen LogP contribution in [0.2, 0.25) is 0 Å². The van der Waals surface area contributed by atoms with Crippen LogP contribution >= 0.6 is 0 Å². The molecule has 1 amide bonds. The third kappa shape index (κ3) is 4.31. The zero-order valence-electron chi connectivity index (χ0n) is 11.3. The molecule has 0 saturated carbocycles. The normalized spacial score (nSPS) is 10.7. The van der Waals surface area contributed by atoms with Crippen molar-refractivity contribution in [1.82, 2.24) is 5.32 Å². The highest BCUT2D eigenvalue weighted by atomic mass is 16.5. The van der Waals surface area contributed by atoms with Gasteiger partial charge in [-0.15, -0.1) is 0 Å². The molecule has 0 atom stereocenters. The van der Waals surface area contributed by atoms with Crippen molar-refractivity contribution < 1.29 is 13.9 Å². The third-order valence-electron chi connectivity index (χ3n) is 2.69. The number of para-hydroxylation sites is 1. The first-order chi connectivity index (χ1) is 9.75. The second kappa shape index (κ2) is 7.19. The lowest BCUT2D eigenvalue weighted by Crippen LogP contribution is -2.26. The van der Waals surface area contributed by atoms with Gasteiger partial charge in [0.2, 0.25) is 5.91 Å². The van der Waals surface area contributed by atoms with E-state index in [9.17, 15) is 4.79 Å². The molecule has 0 spiro atoms. The standard InChI is InChI=1S/C16H17NO3/c1-13-5-2-3-7-15(13)20-12-10-17-16(18)9-8-14-6-4-11-19-14/h2-9,11H,10,12H2,1H3,(H,17,18). The van der Waals surface area contributed by atoms with Gasteiger partial charge in [0, 0.05) is 6.08 Å². The van der Waals surface area contributed by atoms with E-state index in [1.54, 1.807) is 24.5 Å². The number of hydrogen-bond acceptors (Lipinski definition) is 3. The van der Waals surface area contributed by atoms with Gasteiger partial charge in [0.05, 0.1) is 12.8 Å². The number of carbonyl (C=O) groups excluding carboxylic acids is 1. The van der Waals surface area contributed by atoms with Crippen molar-refractivity contribution in [1.29, 1.82) is 0 Å². The Hall–Kier alpha value is -2.49. The summed E-state index contributed by atoms with van der Waals surface area (Å²) in [6.45, 7) is 2.88. The Labute approximate surface area is 118 Å². The lowest BCUT2D eigenvalue weighted by Gasteiger charge is -2.08. The van der Waals surface area contributed by atoms with E-state index in [1.807, 2.05) is 31.2 Å². The SMILES string of the molecule is Cc1ccccc1OCCNC(=O)C=Cc1ccco1. The minimum atomic E-state index is -0.171. The maximum absolute atomic E-state index is 11.5. The van der Waals surface area contributed by atoms with E-state index in [4.69, 9.17) is 9.15 Å². The lowest BCUT2D eigenvalue weighted by molar-refractivity contribution is -0.116. The average Bonchev–Trinajstić information content (AvgIpc) is 2.96. The van der Waals surface area contributed by atoms with E-state index in [2.05, 4.69) is 5.32 Å². The monoisotopic (exact) mass is 271 g/mol. The maximum Gasteiger partial charge on any atom is 0.244 e. The van der Waals surface area contributed by atoms with Gasteiger partial charge in [-0.3, -0.25) is 4.79 Å². The van der Waals surface area contributed by atoms with Crippen molar-refractivity contribution in [3.8, 4) is 5.75 Å². The van der Waals surface area contributed by atoms with Crippen molar-refractivity contribution in [2.75, 3.05) is 13.2 Å². The van der Waals surface area contributed by atoms with Crippen LogP contribution in [-0.2, 0) is 4.79 Å². The summed E-state index contributed by atoms with van der Waals surface area (Å²) in [5.74, 6) is 1.32. The van der Waals surface area contributed by atoms with Crippen molar-refractivity contribution in [3.05, 3.63) is 60.1 Å². The number of ether oxygens (including phenoxy) is 1. The Kier molecular flexibility index (Phi) is 5.00. The zero-order chi connectivity index (χ0) is 14.2. The average molecular weight is 271 g/mol. The summed E-state index contributed by atoms with van der Waals surface area (Å²) in [4.78, 5) is 11.5. The van der Waals surface area contributed by atoms with Gasteiger partial charge in [0.1, 0.15) is 18.1 Å². The lowest BCUT2D eigenvalue weighted by atomic mass is 10.2. The van der Waals surface area contributed by atoms with Gasteiger partial charge in [-0.1, -0.05) is 18.2 Å². The Morgan fingerprint density at radius 1 is 1.30 bits per heavy atom. The van der Waals surface area contributed by atoms with Crippen LogP contribution in [0.15, 0.2) is 53.2 Å². The number of nitrogens with one attached hydrogen (secondary N) is 1. The first-order valence-corrected chi connectivity index (χ1v) is 6.43. The van der Waals surface area contributed by atoms with Crippen LogP contribution in [0.4, 0.5) is 0 Å². The number of benzene rings is 1. The summed E-state index contributed by atoms with van der Waals surface area (Å²) in [5.41, 5.74) is 1.08. The molecule has 2 rings (SSSR count). The molecular weight excluding hydrogens is 254 g/mol. The third-order valence-corrected chi connectivity index (χ3v) is 2.69. The second-order valence-corrected chi connectivity index (χ2v) is 4.25. The number of aryl methyl sites for hydroxylation is 1. The van der Waals surface area contributed by atoms with E-state index in [-0.39, 0.29) is 5.91 Å². The fourth-order valence-electron chi connectivity index (χ4n) is 1.66. The van der Waals surface area contributed by atoms with Crippen LogP contribution in [0.25, 0.3) is 6.08 Å². The van der Waals surface area contributed by atoms with E-state index in [1.165, 1.54) is 6.08 Å². The first kappa shape index (κ1) is 13.9. The van der Waals surface area contributed by atoms with Crippen LogP contribution < -0.4 is 10.1 Å². The van der Waals surface area contributed by atoms with E-state index in [0.717, 1.165) is 11.3 Å². The molecule has 2 aromatic rings. The predicted octanol–water partition coefficient (Wildman–Crippen LogP) is 2.80. The highest BCUT2D eigenvalue weighted by molar-refractivity contribution is 5.91. The molecule has 1 aromatic carbocycles. The summed E-state index contributed by atoms with van der Waals surface area (Å²) in [6.07, 6.45) is 4.62. The molecule has 1 heterocycles. The van der Waals surface area contributed by atoms with Gasteiger partial charge < -0.3 is 14.5 Å². The Balaban J connectivity index is 1.68. The topological polar surface area (TPSA) is 51.5 Å². The number of furan rings is 1. The van der Waals surface area contributed by atoms with Gasteiger partial charge in [0.25, 0.3) is 0 Å². The Morgan fingerprint density at radius 3 is 2.90 bits per heavy atom. The summed E-state index contributed by atoms with van der Waals surface area (Å²) >= 11 is 0. The first-order valence-electron chi connectivity index (χ1n) is 6.43. The van der Waals surface area contributed by atoms with Gasteiger partial charge in [0.15, 0.2) is 0 Å². The summed E-state index contributed by atoms with van der Waals surface area (Å²) in [5, 5.41) is 2.74. The smallest absolute Gasteiger partial charge is 0.244 e. The van der Waals surface area contributed by atoms with Crippen LogP contribution in [-0.4, -0.2) is 19.1 Å². The summed E-state index contributed by atoms with van der Waals surface area (Å²) in [7, 11) is 0. The van der Waals surface area contributed by atoms with Crippen LogP contribution in [0.1, 0.15) is 11.3 Å². The highest BCUT2D eigenvalue weighted by Crippen LogP contribution is 2.15. The Morgan fingerprint density at radius 2 is 2.15 bits per heavy atom. The van der Waals surface area contributed by atoms with Crippen molar-refractivity contribution in [2.24, 2.45) is 0 Å². The van der Waals surface area contributed by atoms with E-state index < -0.39 is 0 Å². The Bertz CT molecular complexity index is 573. The minimum absolute atomic E-state index is 0.171. The molecule has 20 heavy (non-hydrogen) atoms. The molecule has 104 valence electrons. The second-order valence-electron chi connectivity index (χ2n) is 4.25. The highest BCUT2D eigenvalue weighted by Gasteiger charge is 1.99.